The molecule has 0 aliphatic carbocycles. The maximum Gasteiger partial charge on any atom is 0.172 e. The summed E-state index contributed by atoms with van der Waals surface area (Å²) in [5, 5.41) is 0. The van der Waals surface area contributed by atoms with Crippen LogP contribution in [-0.2, 0) is 19.6 Å². The molecule has 0 aromatic heterocycles. The van der Waals surface area contributed by atoms with Gasteiger partial charge in [0, 0.05) is 12.8 Å². The number of rotatable bonds is 4. The Balaban J connectivity index is 1.59. The van der Waals surface area contributed by atoms with Crippen LogP contribution in [0.4, 0.5) is 0 Å². The van der Waals surface area contributed by atoms with Gasteiger partial charge in [-0.3, -0.25) is 0 Å². The molecule has 34 heavy (non-hydrogen) atoms. The van der Waals surface area contributed by atoms with Crippen LogP contribution in [0.2, 0.25) is 0 Å². The van der Waals surface area contributed by atoms with E-state index in [0.29, 0.717) is 12.8 Å². The van der Waals surface area contributed by atoms with Crippen molar-refractivity contribution in [1.29, 1.82) is 0 Å². The molecular weight excluding hydrogens is 439 g/mol. The van der Waals surface area contributed by atoms with Gasteiger partial charge >= 0.3 is 0 Å². The van der Waals surface area contributed by atoms with Crippen molar-refractivity contribution >= 4 is 9.24 Å². The van der Waals surface area contributed by atoms with Gasteiger partial charge in [-0.15, -0.1) is 9.24 Å². The Kier molecular flexibility index (Phi) is 4.78. The average molecular weight is 473 g/mol. The highest BCUT2D eigenvalue weighted by molar-refractivity contribution is 7.16. The Labute approximate surface area is 205 Å². The molecule has 3 aromatic carbocycles. The average Bonchev–Trinajstić information content (AvgIpc) is 2.77. The predicted molar refractivity (Wildman–Crippen MR) is 140 cm³/mol. The normalized spacial score (nSPS) is 38.3. The fourth-order valence-electron chi connectivity index (χ4n) is 7.62. The topological polar surface area (TPSA) is 27.7 Å². The number of benzene rings is 3. The summed E-state index contributed by atoms with van der Waals surface area (Å²) in [5.41, 5.74) is 4.97. The van der Waals surface area contributed by atoms with Crippen LogP contribution in [0, 0.1) is 0 Å². The van der Waals surface area contributed by atoms with Gasteiger partial charge in [0.25, 0.3) is 0 Å². The van der Waals surface area contributed by atoms with E-state index in [1.807, 2.05) is 0 Å². The van der Waals surface area contributed by atoms with E-state index in [0.717, 1.165) is 6.16 Å². The van der Waals surface area contributed by atoms with E-state index in [1.165, 1.54) is 27.8 Å². The molecule has 5 unspecified atom stereocenters. The molecule has 3 aromatic rings. The number of hydrogen-bond acceptors (Lipinski definition) is 3. The number of hydrogen-bond donors (Lipinski definition) is 0. The lowest BCUT2D eigenvalue weighted by Crippen LogP contribution is -2.83. The zero-order chi connectivity index (χ0) is 23.8. The van der Waals surface area contributed by atoms with Crippen molar-refractivity contribution in [2.75, 3.05) is 6.16 Å². The smallest absolute Gasteiger partial charge is 0.172 e. The van der Waals surface area contributed by atoms with Crippen molar-refractivity contribution in [2.24, 2.45) is 0 Å². The molecule has 4 aliphatic heterocycles. The van der Waals surface area contributed by atoms with Crippen LogP contribution < -0.4 is 0 Å². The first-order valence-corrected chi connectivity index (χ1v) is 13.0. The van der Waals surface area contributed by atoms with Crippen LogP contribution in [0.15, 0.2) is 78.9 Å². The van der Waals surface area contributed by atoms with Gasteiger partial charge < -0.3 is 14.2 Å². The summed E-state index contributed by atoms with van der Waals surface area (Å²) in [6.07, 6.45) is 2.23. The Morgan fingerprint density at radius 1 is 0.647 bits per heavy atom. The summed E-state index contributed by atoms with van der Waals surface area (Å²) >= 11 is 0. The molecule has 4 fully saturated rings. The van der Waals surface area contributed by atoms with Gasteiger partial charge in [-0.25, -0.2) is 0 Å². The monoisotopic (exact) mass is 472 g/mol. The van der Waals surface area contributed by atoms with E-state index in [1.54, 1.807) is 0 Å². The summed E-state index contributed by atoms with van der Waals surface area (Å²) in [5.74, 6) is -1.27. The summed E-state index contributed by atoms with van der Waals surface area (Å²) in [6, 6.07) is 28.3. The molecule has 0 saturated carbocycles. The predicted octanol–water partition coefficient (Wildman–Crippen LogP) is 6.95. The minimum Gasteiger partial charge on any atom is -0.343 e. The van der Waals surface area contributed by atoms with Crippen LogP contribution in [0.25, 0.3) is 22.3 Å². The van der Waals surface area contributed by atoms with Crippen molar-refractivity contribution in [3.63, 3.8) is 0 Å². The van der Waals surface area contributed by atoms with Crippen LogP contribution in [0.1, 0.15) is 46.1 Å². The Hall–Kier alpha value is -2.03. The van der Waals surface area contributed by atoms with Gasteiger partial charge in [-0.05, 0) is 67.7 Å². The van der Waals surface area contributed by atoms with Gasteiger partial charge in [0.15, 0.2) is 11.6 Å². The summed E-state index contributed by atoms with van der Waals surface area (Å²) < 4.78 is 20.0. The summed E-state index contributed by atoms with van der Waals surface area (Å²) in [4.78, 5) is 0. The molecule has 176 valence electrons. The summed E-state index contributed by atoms with van der Waals surface area (Å²) in [7, 11) is 3.02. The van der Waals surface area contributed by atoms with Crippen molar-refractivity contribution in [2.45, 2.75) is 68.7 Å². The lowest BCUT2D eigenvalue weighted by atomic mass is 9.52. The first-order chi connectivity index (χ1) is 16.2. The maximum absolute atomic E-state index is 6.83. The van der Waals surface area contributed by atoms with Crippen LogP contribution in [-0.4, -0.2) is 28.9 Å². The summed E-state index contributed by atoms with van der Waals surface area (Å²) in [6.45, 7) is 8.68. The van der Waals surface area contributed by atoms with E-state index in [4.69, 9.17) is 14.2 Å². The molecule has 5 atom stereocenters. The van der Waals surface area contributed by atoms with Gasteiger partial charge in [-0.2, -0.15) is 0 Å². The second kappa shape index (κ2) is 7.24. The zero-order valence-electron chi connectivity index (χ0n) is 20.4. The van der Waals surface area contributed by atoms with Crippen molar-refractivity contribution in [3.05, 3.63) is 84.4 Å². The van der Waals surface area contributed by atoms with Gasteiger partial charge in [-0.1, -0.05) is 72.8 Å². The molecule has 3 nitrogen and oxygen atoms in total. The second-order valence-electron chi connectivity index (χ2n) is 11.0. The van der Waals surface area contributed by atoms with Crippen LogP contribution in [0.5, 0.6) is 0 Å². The third-order valence-corrected chi connectivity index (χ3v) is 9.04. The second-order valence-corrected chi connectivity index (χ2v) is 11.4. The molecule has 4 saturated heterocycles. The first-order valence-electron chi connectivity index (χ1n) is 12.2. The Morgan fingerprint density at radius 3 is 1.65 bits per heavy atom. The van der Waals surface area contributed by atoms with Crippen LogP contribution >= 0.6 is 9.24 Å². The van der Waals surface area contributed by atoms with Gasteiger partial charge in [0.05, 0.1) is 16.6 Å². The lowest BCUT2D eigenvalue weighted by molar-refractivity contribution is -0.531. The fourth-order valence-corrected chi connectivity index (χ4v) is 8.72. The molecule has 4 heterocycles. The molecule has 0 amide bonds. The van der Waals surface area contributed by atoms with Crippen molar-refractivity contribution < 1.29 is 14.2 Å². The standard InChI is InChI=1S/C30H33O3P/c1-26-18-28(3)32-27(2,19-29(4,31-26)33-28)30(26,20-34)23-15-16-24(21-11-7-5-8-12-21)25(17-23)22-13-9-6-10-14-22/h5-17H,18-20,34H2,1-4H3. The number of ether oxygens (including phenoxy) is 3. The highest BCUT2D eigenvalue weighted by Gasteiger charge is 2.77. The van der Waals surface area contributed by atoms with Crippen molar-refractivity contribution in [1.82, 2.24) is 0 Å². The molecule has 0 radical (unpaired) electrons. The molecule has 4 aliphatic rings. The lowest BCUT2D eigenvalue weighted by Gasteiger charge is -2.74. The maximum atomic E-state index is 6.83. The van der Waals surface area contributed by atoms with Crippen molar-refractivity contribution in [3.8, 4) is 22.3 Å². The van der Waals surface area contributed by atoms with Gasteiger partial charge in [0.1, 0.15) is 0 Å². The quantitative estimate of drug-likeness (QED) is 0.385. The highest BCUT2D eigenvalue weighted by Crippen LogP contribution is 2.68. The molecule has 0 N–H and O–H groups in total. The van der Waals surface area contributed by atoms with E-state index < -0.39 is 22.8 Å². The Bertz CT molecular complexity index is 1190. The van der Waals surface area contributed by atoms with E-state index in [9.17, 15) is 0 Å². The minimum atomic E-state index is -0.635. The third kappa shape index (κ3) is 2.97. The minimum absolute atomic E-state index is 0.341. The third-order valence-electron chi connectivity index (χ3n) is 8.42. The molecule has 4 bridgehead atoms. The zero-order valence-corrected chi connectivity index (χ0v) is 21.6. The molecular formula is C30H33O3P. The first kappa shape index (κ1) is 22.4. The molecule has 4 heteroatoms. The van der Waals surface area contributed by atoms with Crippen LogP contribution in [0.3, 0.4) is 0 Å². The SMILES string of the molecule is CC12CC3(C)OC(C)(CC(C)(O1)C3(CP)c1ccc(-c3ccccc3)c(-c3ccccc3)c1)O2. The highest BCUT2D eigenvalue weighted by atomic mass is 31.0. The van der Waals surface area contributed by atoms with E-state index >= 15 is 0 Å². The molecule has 7 rings (SSSR count). The fraction of sp³-hybridized carbons (Fsp3) is 0.400. The Morgan fingerprint density at radius 2 is 1.15 bits per heavy atom. The van der Waals surface area contributed by atoms with Gasteiger partial charge in [0.2, 0.25) is 0 Å². The van der Waals surface area contributed by atoms with E-state index in [-0.39, 0.29) is 5.41 Å². The molecule has 0 spiro atoms. The van der Waals surface area contributed by atoms with E-state index in [2.05, 4.69) is 116 Å². The largest absolute Gasteiger partial charge is 0.343 e.